The van der Waals surface area contributed by atoms with Gasteiger partial charge in [-0.3, -0.25) is 20.3 Å². The van der Waals surface area contributed by atoms with Gasteiger partial charge < -0.3 is 0 Å². The molecule has 1 aromatic rings. The largest absolute Gasteiger partial charge is 0.287 e. The Morgan fingerprint density at radius 3 is 2.88 bits per heavy atom. The van der Waals surface area contributed by atoms with Crippen LogP contribution in [0.4, 0.5) is 5.69 Å². The number of amides is 1. The Bertz CT molecular complexity index is 482. The van der Waals surface area contributed by atoms with Crippen molar-refractivity contribution in [2.45, 2.75) is 0 Å². The van der Waals surface area contributed by atoms with E-state index in [1.807, 2.05) is 0 Å². The Hall–Kier alpha value is -2.21. The summed E-state index contributed by atoms with van der Waals surface area (Å²) >= 11 is 0. The number of carbonyl (C=O) groups excluding carboxylic acids is 1. The summed E-state index contributed by atoms with van der Waals surface area (Å²) in [5.41, 5.74) is 6.33. The van der Waals surface area contributed by atoms with E-state index in [1.165, 1.54) is 12.1 Å². The average molecular weight is 219 g/mol. The fraction of sp³-hybridized carbons (Fsp3) is 0.100. The maximum absolute atomic E-state index is 11.2. The summed E-state index contributed by atoms with van der Waals surface area (Å²) in [5.74, 6) is -0.202. The summed E-state index contributed by atoms with van der Waals surface area (Å²) in [6, 6.07) is 6.14. The third-order valence-electron chi connectivity index (χ3n) is 2.19. The molecule has 1 amide bonds. The minimum atomic E-state index is -0.463. The van der Waals surface area contributed by atoms with Gasteiger partial charge in [0, 0.05) is 24.3 Å². The lowest BCUT2D eigenvalue weighted by Crippen LogP contribution is -2.25. The summed E-state index contributed by atoms with van der Waals surface area (Å²) in [7, 11) is 0. The molecule has 1 saturated heterocycles. The Kier molecular flexibility index (Phi) is 2.65. The highest BCUT2D eigenvalue weighted by atomic mass is 16.6. The molecular formula is C10H9N3O3. The fourth-order valence-corrected chi connectivity index (χ4v) is 1.43. The van der Waals surface area contributed by atoms with Gasteiger partial charge in [0.1, 0.15) is 0 Å². The molecule has 2 rings (SSSR count). The van der Waals surface area contributed by atoms with Crippen LogP contribution in [0.3, 0.4) is 0 Å². The Labute approximate surface area is 91.1 Å². The van der Waals surface area contributed by atoms with Crippen molar-refractivity contribution in [3.63, 3.8) is 0 Å². The zero-order valence-electron chi connectivity index (χ0n) is 8.27. The first kappa shape index (κ1) is 10.3. The Balaban J connectivity index is 2.31. The molecule has 16 heavy (non-hydrogen) atoms. The van der Waals surface area contributed by atoms with Crippen molar-refractivity contribution < 1.29 is 9.72 Å². The molecule has 1 aliphatic rings. The summed E-state index contributed by atoms with van der Waals surface area (Å²) in [4.78, 5) is 21.3. The van der Waals surface area contributed by atoms with Crippen LogP contribution < -0.4 is 10.9 Å². The number of rotatable bonds is 2. The van der Waals surface area contributed by atoms with Gasteiger partial charge in [-0.15, -0.1) is 0 Å². The number of carbonyl (C=O) groups is 1. The van der Waals surface area contributed by atoms with E-state index in [1.54, 1.807) is 18.2 Å². The first-order valence-electron chi connectivity index (χ1n) is 4.65. The van der Waals surface area contributed by atoms with Crippen LogP contribution >= 0.6 is 0 Å². The van der Waals surface area contributed by atoms with Crippen LogP contribution in [-0.4, -0.2) is 17.4 Å². The van der Waals surface area contributed by atoms with Gasteiger partial charge in [0.05, 0.1) is 4.92 Å². The van der Waals surface area contributed by atoms with Crippen LogP contribution in [0, 0.1) is 10.1 Å². The second kappa shape index (κ2) is 4.11. The Morgan fingerprint density at radius 2 is 2.25 bits per heavy atom. The number of hydrogen-bond donors (Lipinski definition) is 2. The van der Waals surface area contributed by atoms with Crippen molar-refractivity contribution in [2.24, 2.45) is 0 Å². The van der Waals surface area contributed by atoms with Crippen LogP contribution in [0.2, 0.25) is 0 Å². The number of nitro groups is 1. The zero-order chi connectivity index (χ0) is 11.5. The standard InChI is InChI=1S/C10H9N3O3/c14-10-8(6-11-12-10)4-7-2-1-3-9(5-7)13(15)16/h1-5,11H,6H2,(H,12,14)/b8-4+. The number of benzene rings is 1. The summed E-state index contributed by atoms with van der Waals surface area (Å²) in [6.07, 6.45) is 1.63. The van der Waals surface area contributed by atoms with Gasteiger partial charge in [-0.1, -0.05) is 12.1 Å². The second-order valence-corrected chi connectivity index (χ2v) is 3.33. The van der Waals surface area contributed by atoms with E-state index in [4.69, 9.17) is 0 Å². The normalized spacial score (nSPS) is 17.5. The quantitative estimate of drug-likeness (QED) is 0.433. The van der Waals surface area contributed by atoms with Crippen molar-refractivity contribution in [2.75, 3.05) is 6.54 Å². The number of non-ortho nitro benzene ring substituents is 1. The zero-order valence-corrected chi connectivity index (χ0v) is 8.27. The minimum absolute atomic E-state index is 0.0146. The van der Waals surface area contributed by atoms with Crippen LogP contribution in [0.5, 0.6) is 0 Å². The molecule has 0 aliphatic carbocycles. The van der Waals surface area contributed by atoms with E-state index in [0.29, 0.717) is 17.7 Å². The predicted octanol–water partition coefficient (Wildman–Crippen LogP) is 0.613. The SMILES string of the molecule is O=C1NNC/C1=C\c1cccc([N+](=O)[O-])c1. The van der Waals surface area contributed by atoms with Crippen LogP contribution in [0.25, 0.3) is 6.08 Å². The monoisotopic (exact) mass is 219 g/mol. The van der Waals surface area contributed by atoms with Gasteiger partial charge >= 0.3 is 0 Å². The van der Waals surface area contributed by atoms with E-state index < -0.39 is 4.92 Å². The second-order valence-electron chi connectivity index (χ2n) is 3.33. The molecule has 0 spiro atoms. The molecule has 1 fully saturated rings. The third kappa shape index (κ3) is 2.06. The predicted molar refractivity (Wildman–Crippen MR) is 57.2 cm³/mol. The van der Waals surface area contributed by atoms with Crippen LogP contribution in [0.1, 0.15) is 5.56 Å². The lowest BCUT2D eigenvalue weighted by molar-refractivity contribution is -0.384. The molecule has 0 radical (unpaired) electrons. The Morgan fingerprint density at radius 1 is 1.44 bits per heavy atom. The first-order valence-corrected chi connectivity index (χ1v) is 4.65. The summed E-state index contributed by atoms with van der Waals surface area (Å²) in [5, 5.41) is 10.5. The molecule has 6 nitrogen and oxygen atoms in total. The lowest BCUT2D eigenvalue weighted by atomic mass is 10.1. The first-order chi connectivity index (χ1) is 7.66. The van der Waals surface area contributed by atoms with Gasteiger partial charge in [0.25, 0.3) is 11.6 Å². The van der Waals surface area contributed by atoms with E-state index in [2.05, 4.69) is 10.9 Å². The topological polar surface area (TPSA) is 84.3 Å². The van der Waals surface area contributed by atoms with Crippen molar-refractivity contribution in [1.82, 2.24) is 10.9 Å². The number of nitrogens with one attached hydrogen (secondary N) is 2. The van der Waals surface area contributed by atoms with Gasteiger partial charge in [-0.25, -0.2) is 5.43 Å². The summed E-state index contributed by atoms with van der Waals surface area (Å²) in [6.45, 7) is 0.418. The molecule has 82 valence electrons. The van der Waals surface area contributed by atoms with Gasteiger partial charge in [-0.2, -0.15) is 0 Å². The molecule has 0 bridgehead atoms. The minimum Gasteiger partial charge on any atom is -0.287 e. The van der Waals surface area contributed by atoms with E-state index >= 15 is 0 Å². The number of nitrogens with zero attached hydrogens (tertiary/aromatic N) is 1. The molecule has 0 unspecified atom stereocenters. The molecule has 2 N–H and O–H groups in total. The molecule has 0 aromatic heterocycles. The van der Waals surface area contributed by atoms with Gasteiger partial charge in [-0.05, 0) is 11.6 Å². The maximum Gasteiger partial charge on any atom is 0.270 e. The maximum atomic E-state index is 11.2. The van der Waals surface area contributed by atoms with E-state index in [0.717, 1.165) is 0 Å². The van der Waals surface area contributed by atoms with Crippen molar-refractivity contribution in [3.8, 4) is 0 Å². The molecule has 6 heteroatoms. The molecule has 1 aliphatic heterocycles. The molecule has 0 saturated carbocycles. The van der Waals surface area contributed by atoms with Crippen LogP contribution in [-0.2, 0) is 4.79 Å². The van der Waals surface area contributed by atoms with Gasteiger partial charge in [0.15, 0.2) is 0 Å². The number of hydrazine groups is 1. The van der Waals surface area contributed by atoms with Crippen molar-refractivity contribution >= 4 is 17.7 Å². The number of nitro benzene ring substituents is 1. The lowest BCUT2D eigenvalue weighted by Gasteiger charge is -1.95. The van der Waals surface area contributed by atoms with Crippen LogP contribution in [0.15, 0.2) is 29.8 Å². The van der Waals surface area contributed by atoms with E-state index in [9.17, 15) is 14.9 Å². The van der Waals surface area contributed by atoms with E-state index in [-0.39, 0.29) is 11.6 Å². The highest BCUT2D eigenvalue weighted by Crippen LogP contribution is 2.16. The molecule has 1 heterocycles. The fourth-order valence-electron chi connectivity index (χ4n) is 1.43. The summed E-state index contributed by atoms with van der Waals surface area (Å²) < 4.78 is 0. The highest BCUT2D eigenvalue weighted by Gasteiger charge is 2.15. The average Bonchev–Trinajstić information content (AvgIpc) is 2.65. The highest BCUT2D eigenvalue weighted by molar-refractivity contribution is 5.99. The third-order valence-corrected chi connectivity index (χ3v) is 2.19. The number of hydrogen-bond acceptors (Lipinski definition) is 4. The molecule has 0 atom stereocenters. The van der Waals surface area contributed by atoms with Crippen molar-refractivity contribution in [3.05, 3.63) is 45.5 Å². The molecule has 1 aromatic carbocycles. The van der Waals surface area contributed by atoms with Gasteiger partial charge in [0.2, 0.25) is 0 Å². The van der Waals surface area contributed by atoms with Crippen molar-refractivity contribution in [1.29, 1.82) is 0 Å². The smallest absolute Gasteiger partial charge is 0.270 e. The molecular weight excluding hydrogens is 210 g/mol.